The van der Waals surface area contributed by atoms with Crippen molar-refractivity contribution in [3.05, 3.63) is 23.3 Å². The van der Waals surface area contributed by atoms with Crippen LogP contribution < -0.4 is 0 Å². The topological polar surface area (TPSA) is 34.1 Å². The maximum absolute atomic E-state index is 11.6. The lowest BCUT2D eigenvalue weighted by Gasteiger charge is -2.10. The van der Waals surface area contributed by atoms with Crippen molar-refractivity contribution in [2.75, 3.05) is 0 Å². The van der Waals surface area contributed by atoms with Crippen LogP contribution >= 0.6 is 0 Å². The van der Waals surface area contributed by atoms with Crippen molar-refractivity contribution in [1.82, 2.24) is 0 Å². The average Bonchev–Trinajstić information content (AvgIpc) is 2.49. The Morgan fingerprint density at radius 3 is 2.00 bits per heavy atom. The number of aldehydes is 1. The van der Waals surface area contributed by atoms with Crippen molar-refractivity contribution >= 4 is 12.1 Å². The minimum absolute atomic E-state index is 0.0189. The molecule has 118 valence electrons. The van der Waals surface area contributed by atoms with Gasteiger partial charge in [-0.3, -0.25) is 9.59 Å². The molecule has 0 aromatic heterocycles. The first-order valence-electron chi connectivity index (χ1n) is 8.66. The van der Waals surface area contributed by atoms with E-state index in [9.17, 15) is 9.59 Å². The fourth-order valence-corrected chi connectivity index (χ4v) is 2.78. The number of unbranched alkanes of at least 4 members (excludes halogenated alkanes) is 9. The summed E-state index contributed by atoms with van der Waals surface area (Å²) in [5.74, 6) is -0.0189. The average molecular weight is 290 g/mol. The van der Waals surface area contributed by atoms with Crippen molar-refractivity contribution in [3.63, 3.8) is 0 Å². The SMILES string of the molecule is CCCCCCCCCCCCC1=CC=C(C=O)C(=O)C1. The van der Waals surface area contributed by atoms with Gasteiger partial charge in [0.05, 0.1) is 5.57 Å². The van der Waals surface area contributed by atoms with Gasteiger partial charge in [0.2, 0.25) is 0 Å². The summed E-state index contributed by atoms with van der Waals surface area (Å²) in [7, 11) is 0. The number of rotatable bonds is 12. The molecule has 0 spiro atoms. The molecule has 0 fully saturated rings. The van der Waals surface area contributed by atoms with Crippen LogP contribution in [0.15, 0.2) is 23.3 Å². The highest BCUT2D eigenvalue weighted by Crippen LogP contribution is 2.20. The van der Waals surface area contributed by atoms with E-state index in [1.807, 2.05) is 6.08 Å². The van der Waals surface area contributed by atoms with Gasteiger partial charge >= 0.3 is 0 Å². The third-order valence-corrected chi connectivity index (χ3v) is 4.19. The smallest absolute Gasteiger partial charge is 0.170 e. The van der Waals surface area contributed by atoms with E-state index in [1.54, 1.807) is 6.08 Å². The molecule has 0 aromatic carbocycles. The van der Waals surface area contributed by atoms with Crippen molar-refractivity contribution in [1.29, 1.82) is 0 Å². The first kappa shape index (κ1) is 17.9. The highest BCUT2D eigenvalue weighted by Gasteiger charge is 2.14. The summed E-state index contributed by atoms with van der Waals surface area (Å²) < 4.78 is 0. The van der Waals surface area contributed by atoms with E-state index in [1.165, 1.54) is 69.8 Å². The predicted octanol–water partition coefficient (Wildman–Crippen LogP) is 5.32. The minimum atomic E-state index is -0.0189. The molecule has 0 radical (unpaired) electrons. The summed E-state index contributed by atoms with van der Waals surface area (Å²) >= 11 is 0. The molecule has 0 saturated heterocycles. The van der Waals surface area contributed by atoms with E-state index < -0.39 is 0 Å². The van der Waals surface area contributed by atoms with E-state index in [0.29, 0.717) is 18.3 Å². The molecule has 0 aliphatic heterocycles. The molecule has 0 aromatic rings. The minimum Gasteiger partial charge on any atom is -0.298 e. The number of allylic oxidation sites excluding steroid dienone is 4. The van der Waals surface area contributed by atoms with Gasteiger partial charge < -0.3 is 0 Å². The molecular weight excluding hydrogens is 260 g/mol. The Hall–Kier alpha value is -1.18. The van der Waals surface area contributed by atoms with Crippen LogP contribution in [-0.4, -0.2) is 12.1 Å². The Morgan fingerprint density at radius 1 is 0.905 bits per heavy atom. The van der Waals surface area contributed by atoms with E-state index in [-0.39, 0.29) is 5.78 Å². The van der Waals surface area contributed by atoms with Crippen molar-refractivity contribution in [2.24, 2.45) is 0 Å². The van der Waals surface area contributed by atoms with Crippen LogP contribution in [0.1, 0.15) is 84.0 Å². The number of carbonyl (C=O) groups excluding carboxylic acids is 2. The lowest BCUT2D eigenvalue weighted by molar-refractivity contribution is -0.117. The summed E-state index contributed by atoms with van der Waals surface area (Å²) in [6.07, 6.45) is 19.1. The predicted molar refractivity (Wildman–Crippen MR) is 88.3 cm³/mol. The molecule has 1 rings (SSSR count). The molecule has 0 amide bonds. The molecular formula is C19H30O2. The van der Waals surface area contributed by atoms with Gasteiger partial charge in [0.1, 0.15) is 0 Å². The van der Waals surface area contributed by atoms with E-state index in [4.69, 9.17) is 0 Å². The molecule has 21 heavy (non-hydrogen) atoms. The zero-order valence-electron chi connectivity index (χ0n) is 13.5. The van der Waals surface area contributed by atoms with Crippen LogP contribution in [0.25, 0.3) is 0 Å². The van der Waals surface area contributed by atoms with E-state index in [0.717, 1.165) is 6.42 Å². The molecule has 1 aliphatic carbocycles. The highest BCUT2D eigenvalue weighted by molar-refractivity contribution is 6.13. The molecule has 0 N–H and O–H groups in total. The second-order valence-corrected chi connectivity index (χ2v) is 6.10. The highest BCUT2D eigenvalue weighted by atomic mass is 16.1. The van der Waals surface area contributed by atoms with Gasteiger partial charge in [-0.15, -0.1) is 0 Å². The van der Waals surface area contributed by atoms with Crippen LogP contribution in [0.5, 0.6) is 0 Å². The van der Waals surface area contributed by atoms with Gasteiger partial charge in [0.25, 0.3) is 0 Å². The second kappa shape index (κ2) is 11.5. The second-order valence-electron chi connectivity index (χ2n) is 6.10. The van der Waals surface area contributed by atoms with Crippen molar-refractivity contribution < 1.29 is 9.59 Å². The largest absolute Gasteiger partial charge is 0.298 e. The van der Waals surface area contributed by atoms with Crippen LogP contribution in [0, 0.1) is 0 Å². The van der Waals surface area contributed by atoms with E-state index in [2.05, 4.69) is 6.92 Å². The number of carbonyl (C=O) groups is 2. The fourth-order valence-electron chi connectivity index (χ4n) is 2.78. The van der Waals surface area contributed by atoms with Gasteiger partial charge in [0.15, 0.2) is 12.1 Å². The maximum atomic E-state index is 11.6. The lowest BCUT2D eigenvalue weighted by Crippen LogP contribution is -2.08. The maximum Gasteiger partial charge on any atom is 0.170 e. The summed E-state index contributed by atoms with van der Waals surface area (Å²) in [5.41, 5.74) is 1.51. The van der Waals surface area contributed by atoms with Gasteiger partial charge in [-0.05, 0) is 18.9 Å². The van der Waals surface area contributed by atoms with Crippen LogP contribution in [0.3, 0.4) is 0 Å². The monoisotopic (exact) mass is 290 g/mol. The van der Waals surface area contributed by atoms with Gasteiger partial charge in [-0.1, -0.05) is 76.4 Å². The lowest BCUT2D eigenvalue weighted by atomic mass is 9.94. The number of ketones is 1. The van der Waals surface area contributed by atoms with Crippen molar-refractivity contribution in [3.8, 4) is 0 Å². The zero-order chi connectivity index (χ0) is 15.3. The number of hydrogen-bond donors (Lipinski definition) is 0. The number of Topliss-reactive ketones (excluding diaryl/α,β-unsaturated/α-hetero) is 1. The molecule has 0 bridgehead atoms. The third kappa shape index (κ3) is 7.99. The molecule has 0 saturated carbocycles. The van der Waals surface area contributed by atoms with Gasteiger partial charge in [0, 0.05) is 6.42 Å². The standard InChI is InChI=1S/C19H30O2/c1-2-3-4-5-6-7-8-9-10-11-12-17-13-14-18(16-20)19(21)15-17/h13-14,16H,2-12,15H2,1H3. The Balaban J connectivity index is 1.98. The van der Waals surface area contributed by atoms with Gasteiger partial charge in [-0.2, -0.15) is 0 Å². The Kier molecular flexibility index (Phi) is 9.77. The molecule has 1 aliphatic rings. The van der Waals surface area contributed by atoms with E-state index >= 15 is 0 Å². The normalized spacial score (nSPS) is 14.8. The molecule has 0 unspecified atom stereocenters. The summed E-state index contributed by atoms with van der Waals surface area (Å²) in [6.45, 7) is 2.25. The number of hydrogen-bond acceptors (Lipinski definition) is 2. The van der Waals surface area contributed by atoms with Crippen LogP contribution in [-0.2, 0) is 9.59 Å². The van der Waals surface area contributed by atoms with Gasteiger partial charge in [-0.25, -0.2) is 0 Å². The van der Waals surface area contributed by atoms with Crippen LogP contribution in [0.4, 0.5) is 0 Å². The summed E-state index contributed by atoms with van der Waals surface area (Å²) in [4.78, 5) is 22.2. The first-order valence-corrected chi connectivity index (χ1v) is 8.66. The molecule has 0 heterocycles. The Bertz CT molecular complexity index is 377. The summed E-state index contributed by atoms with van der Waals surface area (Å²) in [5, 5.41) is 0. The fraction of sp³-hybridized carbons (Fsp3) is 0.684. The van der Waals surface area contributed by atoms with Crippen LogP contribution in [0.2, 0.25) is 0 Å². The molecule has 2 heteroatoms. The zero-order valence-corrected chi connectivity index (χ0v) is 13.5. The first-order chi connectivity index (χ1) is 10.3. The van der Waals surface area contributed by atoms with Crippen molar-refractivity contribution in [2.45, 2.75) is 84.0 Å². The Morgan fingerprint density at radius 2 is 1.48 bits per heavy atom. The third-order valence-electron chi connectivity index (χ3n) is 4.19. The summed E-state index contributed by atoms with van der Waals surface area (Å²) in [6, 6.07) is 0. The quantitative estimate of drug-likeness (QED) is 0.277. The Labute approximate surface area is 129 Å². The molecule has 2 nitrogen and oxygen atoms in total. The molecule has 0 atom stereocenters.